The lowest BCUT2D eigenvalue weighted by molar-refractivity contribution is 0.161. The second-order valence-corrected chi connectivity index (χ2v) is 2.52. The van der Waals surface area contributed by atoms with Gasteiger partial charge in [-0.05, 0) is 19.3 Å². The van der Waals surface area contributed by atoms with Crippen LogP contribution < -0.4 is 0 Å². The highest BCUT2D eigenvalue weighted by Crippen LogP contribution is 2.04. The first-order valence-electron chi connectivity index (χ1n) is 3.89. The van der Waals surface area contributed by atoms with Crippen LogP contribution >= 0.6 is 0 Å². The molecule has 2 heteroatoms. The first-order valence-corrected chi connectivity index (χ1v) is 3.89. The van der Waals surface area contributed by atoms with Crippen molar-refractivity contribution in [3.63, 3.8) is 0 Å². The Labute approximate surface area is 62.9 Å². The van der Waals surface area contributed by atoms with E-state index in [2.05, 4.69) is 6.92 Å². The molecule has 0 bridgehead atoms. The van der Waals surface area contributed by atoms with E-state index >= 15 is 0 Å². The predicted octanol–water partition coefficient (Wildman–Crippen LogP) is 1.12. The lowest BCUT2D eigenvalue weighted by Gasteiger charge is -2.05. The summed E-state index contributed by atoms with van der Waals surface area (Å²) < 4.78 is 0. The fourth-order valence-electron chi connectivity index (χ4n) is 0.813. The van der Waals surface area contributed by atoms with Gasteiger partial charge in [0.15, 0.2) is 0 Å². The average Bonchev–Trinajstić information content (AvgIpc) is 1.98. The van der Waals surface area contributed by atoms with Crippen LogP contribution in [0.3, 0.4) is 0 Å². The van der Waals surface area contributed by atoms with Crippen molar-refractivity contribution in [2.75, 3.05) is 6.61 Å². The van der Waals surface area contributed by atoms with Gasteiger partial charge in [-0.1, -0.05) is 19.8 Å². The van der Waals surface area contributed by atoms with Gasteiger partial charge in [0.2, 0.25) is 0 Å². The lowest BCUT2D eigenvalue weighted by atomic mass is 10.1. The summed E-state index contributed by atoms with van der Waals surface area (Å²) in [6, 6.07) is 0. The van der Waals surface area contributed by atoms with E-state index in [0.717, 1.165) is 25.7 Å². The molecule has 0 amide bonds. The number of unbranched alkanes of at least 4 members (excludes halogenated alkanes) is 2. The van der Waals surface area contributed by atoms with Crippen LogP contribution in [0.2, 0.25) is 0 Å². The van der Waals surface area contributed by atoms with Crippen LogP contribution in [0.25, 0.3) is 0 Å². The lowest BCUT2D eigenvalue weighted by Crippen LogP contribution is -2.03. The van der Waals surface area contributed by atoms with E-state index in [4.69, 9.17) is 10.2 Å². The molecule has 0 rings (SSSR count). The summed E-state index contributed by atoms with van der Waals surface area (Å²) >= 11 is 0. The SMILES string of the molecule is [CH2]CC(O)CCCCCO. The highest BCUT2D eigenvalue weighted by Gasteiger charge is 1.98. The first kappa shape index (κ1) is 9.92. The monoisotopic (exact) mass is 145 g/mol. The Balaban J connectivity index is 2.89. The van der Waals surface area contributed by atoms with Gasteiger partial charge in [0.25, 0.3) is 0 Å². The van der Waals surface area contributed by atoms with Crippen molar-refractivity contribution < 1.29 is 10.2 Å². The molecule has 0 heterocycles. The molecule has 2 N–H and O–H groups in total. The Morgan fingerprint density at radius 1 is 1.20 bits per heavy atom. The Kier molecular flexibility index (Phi) is 6.98. The zero-order chi connectivity index (χ0) is 7.82. The fourth-order valence-corrected chi connectivity index (χ4v) is 0.813. The van der Waals surface area contributed by atoms with E-state index in [-0.39, 0.29) is 12.7 Å². The predicted molar refractivity (Wildman–Crippen MR) is 41.5 cm³/mol. The molecule has 1 atom stereocenters. The molecule has 0 saturated heterocycles. The number of aliphatic hydroxyl groups excluding tert-OH is 2. The standard InChI is InChI=1S/C8H17O2/c1-2-8(10)6-4-3-5-7-9/h8-10H,1-7H2. The zero-order valence-electron chi connectivity index (χ0n) is 6.42. The molecule has 0 aromatic carbocycles. The van der Waals surface area contributed by atoms with Gasteiger partial charge in [-0.3, -0.25) is 0 Å². The van der Waals surface area contributed by atoms with Crippen LogP contribution in [-0.4, -0.2) is 22.9 Å². The third-order valence-corrected chi connectivity index (χ3v) is 1.53. The summed E-state index contributed by atoms with van der Waals surface area (Å²) in [5.41, 5.74) is 0. The quantitative estimate of drug-likeness (QED) is 0.550. The summed E-state index contributed by atoms with van der Waals surface area (Å²) in [7, 11) is 0. The summed E-state index contributed by atoms with van der Waals surface area (Å²) in [5, 5.41) is 17.4. The zero-order valence-corrected chi connectivity index (χ0v) is 6.42. The van der Waals surface area contributed by atoms with Gasteiger partial charge < -0.3 is 10.2 Å². The second kappa shape index (κ2) is 7.03. The smallest absolute Gasteiger partial charge is 0.0540 e. The third kappa shape index (κ3) is 6.05. The van der Waals surface area contributed by atoms with Crippen molar-refractivity contribution in [3.8, 4) is 0 Å². The van der Waals surface area contributed by atoms with Crippen LogP contribution in [0, 0.1) is 6.92 Å². The van der Waals surface area contributed by atoms with E-state index in [1.54, 1.807) is 0 Å². The van der Waals surface area contributed by atoms with Crippen molar-refractivity contribution in [1.82, 2.24) is 0 Å². The molecule has 10 heavy (non-hydrogen) atoms. The largest absolute Gasteiger partial charge is 0.396 e. The van der Waals surface area contributed by atoms with Crippen molar-refractivity contribution in [1.29, 1.82) is 0 Å². The summed E-state index contributed by atoms with van der Waals surface area (Å²) in [4.78, 5) is 0. The average molecular weight is 145 g/mol. The Bertz CT molecular complexity index is 64.3. The molecule has 0 aliphatic heterocycles. The molecular formula is C8H17O2. The molecule has 0 fully saturated rings. The second-order valence-electron chi connectivity index (χ2n) is 2.52. The summed E-state index contributed by atoms with van der Waals surface area (Å²) in [6.07, 6.45) is 4.04. The third-order valence-electron chi connectivity index (χ3n) is 1.53. The summed E-state index contributed by atoms with van der Waals surface area (Å²) in [6.45, 7) is 3.85. The van der Waals surface area contributed by atoms with E-state index in [0.29, 0.717) is 6.42 Å². The molecule has 0 spiro atoms. The minimum atomic E-state index is -0.237. The fraction of sp³-hybridized carbons (Fsp3) is 0.875. The minimum absolute atomic E-state index is 0.237. The molecule has 61 valence electrons. The van der Waals surface area contributed by atoms with Crippen LogP contribution in [0.1, 0.15) is 32.1 Å². The van der Waals surface area contributed by atoms with Crippen LogP contribution in [0.5, 0.6) is 0 Å². The molecule has 0 aromatic rings. The maximum atomic E-state index is 9.03. The van der Waals surface area contributed by atoms with Crippen molar-refractivity contribution in [2.45, 2.75) is 38.2 Å². The van der Waals surface area contributed by atoms with Crippen LogP contribution in [-0.2, 0) is 0 Å². The van der Waals surface area contributed by atoms with Crippen molar-refractivity contribution in [3.05, 3.63) is 6.92 Å². The Morgan fingerprint density at radius 2 is 1.90 bits per heavy atom. The van der Waals surface area contributed by atoms with E-state index in [1.165, 1.54) is 0 Å². The maximum absolute atomic E-state index is 9.03. The van der Waals surface area contributed by atoms with Gasteiger partial charge in [0, 0.05) is 6.61 Å². The van der Waals surface area contributed by atoms with E-state index in [1.807, 2.05) is 0 Å². The van der Waals surface area contributed by atoms with Crippen molar-refractivity contribution >= 4 is 0 Å². The number of rotatable bonds is 6. The van der Waals surface area contributed by atoms with Gasteiger partial charge in [0.05, 0.1) is 6.10 Å². The number of hydrogen-bond acceptors (Lipinski definition) is 2. The summed E-state index contributed by atoms with van der Waals surface area (Å²) in [5.74, 6) is 0. The molecular weight excluding hydrogens is 128 g/mol. The number of hydrogen-bond donors (Lipinski definition) is 2. The van der Waals surface area contributed by atoms with Gasteiger partial charge in [-0.2, -0.15) is 0 Å². The first-order chi connectivity index (χ1) is 4.81. The normalized spacial score (nSPS) is 13.5. The molecule has 2 nitrogen and oxygen atoms in total. The van der Waals surface area contributed by atoms with E-state index in [9.17, 15) is 0 Å². The van der Waals surface area contributed by atoms with Gasteiger partial charge in [-0.25, -0.2) is 0 Å². The molecule has 0 aromatic heterocycles. The van der Waals surface area contributed by atoms with Crippen molar-refractivity contribution in [2.24, 2.45) is 0 Å². The maximum Gasteiger partial charge on any atom is 0.0540 e. The topological polar surface area (TPSA) is 40.5 Å². The highest BCUT2D eigenvalue weighted by molar-refractivity contribution is 4.56. The van der Waals surface area contributed by atoms with Crippen LogP contribution in [0.4, 0.5) is 0 Å². The van der Waals surface area contributed by atoms with Gasteiger partial charge in [0.1, 0.15) is 0 Å². The van der Waals surface area contributed by atoms with Gasteiger partial charge >= 0.3 is 0 Å². The Hall–Kier alpha value is -0.0800. The number of aliphatic hydroxyl groups is 2. The molecule has 1 unspecified atom stereocenters. The molecule has 0 saturated carbocycles. The minimum Gasteiger partial charge on any atom is -0.396 e. The van der Waals surface area contributed by atoms with Gasteiger partial charge in [-0.15, -0.1) is 0 Å². The van der Waals surface area contributed by atoms with E-state index < -0.39 is 0 Å². The van der Waals surface area contributed by atoms with Crippen LogP contribution in [0.15, 0.2) is 0 Å². The molecule has 0 aliphatic rings. The molecule has 1 radical (unpaired) electrons. The highest BCUT2D eigenvalue weighted by atomic mass is 16.3. The Morgan fingerprint density at radius 3 is 2.40 bits per heavy atom. The molecule has 0 aliphatic carbocycles.